The van der Waals surface area contributed by atoms with Crippen LogP contribution in [0.3, 0.4) is 0 Å². The first-order chi connectivity index (χ1) is 1.41. The van der Waals surface area contributed by atoms with Crippen LogP contribution in [0.25, 0.3) is 0 Å². The molecule has 0 aliphatic carbocycles. The van der Waals surface area contributed by atoms with Crippen LogP contribution < -0.4 is 0 Å². The Kier molecular flexibility index (Phi) is 195. The molecule has 0 aliphatic rings. The van der Waals surface area contributed by atoms with Crippen LogP contribution in [0.5, 0.6) is 0 Å². The Morgan fingerprint density at radius 3 is 0.857 bits per heavy atom. The van der Waals surface area contributed by atoms with Crippen molar-refractivity contribution in [3.05, 3.63) is 14.9 Å². The topological polar surface area (TPSA) is 0 Å². The summed E-state index contributed by atoms with van der Waals surface area (Å²) in [7, 11) is 10.0. The molecule has 0 rings (SSSR count). The molecule has 7 radical (unpaired) electrons. The van der Waals surface area contributed by atoms with Crippen LogP contribution >= 0.6 is 0 Å². The van der Waals surface area contributed by atoms with E-state index in [1.54, 1.807) is 0 Å². The minimum absolute atomic E-state index is 0. The molecule has 7 heavy (non-hydrogen) atoms. The molecule has 0 heterocycles. The Hall–Kier alpha value is 2.40. The van der Waals surface area contributed by atoms with Gasteiger partial charge in [-0.05, 0) is 0 Å². The molecule has 0 aromatic carbocycles. The first-order valence-corrected chi connectivity index (χ1v) is 0.667. The van der Waals surface area contributed by atoms with Gasteiger partial charge in [0.2, 0.25) is 0 Å². The Bertz CT molecular complexity index is 10.9. The SMILES string of the molecule is [B][B][B].[CH3-].[CH3-].[Y].[Y]. The van der Waals surface area contributed by atoms with Crippen LogP contribution in [0, 0.1) is 14.9 Å². The van der Waals surface area contributed by atoms with Crippen molar-refractivity contribution in [2.45, 2.75) is 0 Å². The third-order valence-electron chi connectivity index (χ3n) is 0. The Morgan fingerprint density at radius 2 is 0.857 bits per heavy atom. The van der Waals surface area contributed by atoms with Crippen LogP contribution in [-0.2, 0) is 65.4 Å². The Morgan fingerprint density at radius 1 is 0.857 bits per heavy atom. The maximum Gasteiger partial charge on any atom is 0 e. The molecule has 0 aliphatic heterocycles. The van der Waals surface area contributed by atoms with E-state index in [-0.39, 0.29) is 80.3 Å². The molecular weight excluding hydrogens is 234 g/mol. The molecule has 0 saturated carbocycles. The molecule has 0 N–H and O–H groups in total. The van der Waals surface area contributed by atoms with E-state index in [0.29, 0.717) is 0 Å². The smallest absolute Gasteiger partial charge is 0 e. The summed E-state index contributed by atoms with van der Waals surface area (Å²) < 4.78 is 0. The first kappa shape index (κ1) is 34.2. The molecule has 0 amide bonds. The zero-order valence-corrected chi connectivity index (χ0v) is 10.6. The van der Waals surface area contributed by atoms with E-state index in [1.165, 1.54) is 0 Å². The van der Waals surface area contributed by atoms with Gasteiger partial charge in [-0.2, -0.15) is 0 Å². The van der Waals surface area contributed by atoms with E-state index in [2.05, 4.69) is 15.5 Å². The van der Waals surface area contributed by atoms with E-state index in [0.717, 1.165) is 7.06 Å². The van der Waals surface area contributed by atoms with Crippen molar-refractivity contribution in [2.75, 3.05) is 0 Å². The maximum absolute atomic E-state index is 4.50. The summed E-state index contributed by atoms with van der Waals surface area (Å²) in [6.45, 7) is 0. The minimum atomic E-state index is 0. The predicted octanol–water partition coefficient (Wildman–Crippen LogP) is -0.247. The van der Waals surface area contributed by atoms with Crippen LogP contribution in [-0.4, -0.2) is 22.5 Å². The predicted molar refractivity (Wildman–Crippen MR) is 30.1 cm³/mol. The monoisotopic (exact) mass is 241 g/mol. The Labute approximate surface area is 101 Å². The second-order valence-corrected chi connectivity index (χ2v) is 0.192. The van der Waals surface area contributed by atoms with Crippen LogP contribution in [0.2, 0.25) is 0 Å². The molecule has 0 unspecified atom stereocenters. The quantitative estimate of drug-likeness (QED) is 0.405. The van der Waals surface area contributed by atoms with Gasteiger partial charge in [-0.3, -0.25) is 0 Å². The van der Waals surface area contributed by atoms with Gasteiger partial charge < -0.3 is 14.9 Å². The molecule has 0 aromatic rings. The van der Waals surface area contributed by atoms with Crippen molar-refractivity contribution in [3.8, 4) is 0 Å². The van der Waals surface area contributed by atoms with Crippen molar-refractivity contribution in [1.29, 1.82) is 0 Å². The summed E-state index contributed by atoms with van der Waals surface area (Å²) in [5.74, 6) is 0. The van der Waals surface area contributed by atoms with E-state index in [4.69, 9.17) is 0 Å². The average molecular weight is 240 g/mol. The maximum atomic E-state index is 4.50. The summed E-state index contributed by atoms with van der Waals surface area (Å²) in [5.41, 5.74) is 0. The molecular formula is C2H6B3Y2-2. The second kappa shape index (κ2) is 39.8. The van der Waals surface area contributed by atoms with E-state index in [1.807, 2.05) is 0 Å². The van der Waals surface area contributed by atoms with Crippen molar-refractivity contribution >= 4 is 22.5 Å². The molecule has 0 nitrogen and oxygen atoms in total. The minimum Gasteiger partial charge on any atom is -0.358 e. The van der Waals surface area contributed by atoms with E-state index < -0.39 is 0 Å². The number of hydrogen-bond acceptors (Lipinski definition) is 0. The first-order valence-electron chi connectivity index (χ1n) is 0.667. The molecule has 31 valence electrons. The molecule has 0 atom stereocenters. The molecule has 0 fully saturated rings. The van der Waals surface area contributed by atoms with Gasteiger partial charge >= 0.3 is 0 Å². The van der Waals surface area contributed by atoms with Gasteiger partial charge in [0.1, 0.15) is 0 Å². The average Bonchev–Trinajstić information content (AvgIpc) is 0.918. The molecule has 0 saturated heterocycles. The largest absolute Gasteiger partial charge is 0.358 e. The fraction of sp³-hybridized carbons (Fsp3) is 0. The normalized spacial score (nSPS) is 1.71. The van der Waals surface area contributed by atoms with Crippen LogP contribution in [0.15, 0.2) is 0 Å². The fourth-order valence-electron chi connectivity index (χ4n) is 0. The zero-order chi connectivity index (χ0) is 2.71. The summed E-state index contributed by atoms with van der Waals surface area (Å²) in [4.78, 5) is 0. The van der Waals surface area contributed by atoms with E-state index in [9.17, 15) is 0 Å². The summed E-state index contributed by atoms with van der Waals surface area (Å²) in [5, 5.41) is 0. The fourth-order valence-corrected chi connectivity index (χ4v) is 0. The summed E-state index contributed by atoms with van der Waals surface area (Å²) >= 11 is 0. The summed E-state index contributed by atoms with van der Waals surface area (Å²) in [6.07, 6.45) is 0. The van der Waals surface area contributed by atoms with Crippen molar-refractivity contribution < 1.29 is 65.4 Å². The van der Waals surface area contributed by atoms with Crippen LogP contribution in [0.4, 0.5) is 0 Å². The third-order valence-corrected chi connectivity index (χ3v) is 0. The number of rotatable bonds is 0. The van der Waals surface area contributed by atoms with Crippen molar-refractivity contribution in [1.82, 2.24) is 0 Å². The number of hydrogen-bond donors (Lipinski definition) is 0. The van der Waals surface area contributed by atoms with Crippen molar-refractivity contribution in [3.63, 3.8) is 0 Å². The summed E-state index contributed by atoms with van der Waals surface area (Å²) in [6, 6.07) is 0. The van der Waals surface area contributed by atoms with Gasteiger partial charge in [0.25, 0.3) is 0 Å². The van der Waals surface area contributed by atoms with Gasteiger partial charge in [0.15, 0.2) is 0 Å². The molecule has 0 spiro atoms. The van der Waals surface area contributed by atoms with Crippen molar-refractivity contribution in [2.24, 2.45) is 0 Å². The van der Waals surface area contributed by atoms with Gasteiger partial charge in [0, 0.05) is 88.0 Å². The third kappa shape index (κ3) is 59.7. The second-order valence-electron chi connectivity index (χ2n) is 0.192. The van der Waals surface area contributed by atoms with Gasteiger partial charge in [-0.25, -0.2) is 0 Å². The molecule has 0 bridgehead atoms. The van der Waals surface area contributed by atoms with Gasteiger partial charge in [0.05, 0.1) is 0 Å². The van der Waals surface area contributed by atoms with Crippen LogP contribution in [0.1, 0.15) is 0 Å². The Balaban J connectivity index is -0.00000000333. The molecule has 0 aromatic heterocycles. The van der Waals surface area contributed by atoms with E-state index >= 15 is 0 Å². The standard InChI is InChI=1S/2CH3.B3.2Y/c;;1-3-2;;/h2*1H3;;;/q2*-1;;;. The zero-order valence-electron chi connectivity index (χ0n) is 4.89. The van der Waals surface area contributed by atoms with Gasteiger partial charge in [-0.1, -0.05) is 0 Å². The molecule has 5 heteroatoms. The van der Waals surface area contributed by atoms with Gasteiger partial charge in [-0.15, -0.1) is 0 Å².